The van der Waals surface area contributed by atoms with Gasteiger partial charge in [0.1, 0.15) is 13.2 Å². The van der Waals surface area contributed by atoms with Crippen LogP contribution in [0.15, 0.2) is 48.5 Å². The lowest BCUT2D eigenvalue weighted by Gasteiger charge is -2.29. The number of alkyl halides is 3. The summed E-state index contributed by atoms with van der Waals surface area (Å²) in [4.78, 5) is 25.9. The highest BCUT2D eigenvalue weighted by Gasteiger charge is 2.28. The van der Waals surface area contributed by atoms with E-state index in [1.165, 1.54) is 29.2 Å². The number of benzene rings is 2. The van der Waals surface area contributed by atoms with Crippen molar-refractivity contribution in [3.8, 4) is 0 Å². The van der Waals surface area contributed by atoms with Gasteiger partial charge in [0.15, 0.2) is 0 Å². The number of rotatable bonds is 4. The standard InChI is InChI=1S/C18H15F3N2O3/c19-18(20,21)11-26-10-12-5-7-13(8-6-12)17(25)23-9-16(24)22-14-3-1-2-4-15(14)23/h1-8H,9-11H2,(H,22,24). The Morgan fingerprint density at radius 3 is 2.50 bits per heavy atom. The first-order valence-electron chi connectivity index (χ1n) is 7.78. The van der Waals surface area contributed by atoms with Crippen LogP contribution in [0.2, 0.25) is 0 Å². The molecule has 0 aromatic heterocycles. The topological polar surface area (TPSA) is 58.6 Å². The van der Waals surface area contributed by atoms with Crippen molar-refractivity contribution >= 4 is 23.2 Å². The first kappa shape index (κ1) is 17.9. The van der Waals surface area contributed by atoms with Gasteiger partial charge in [-0.25, -0.2) is 0 Å². The molecule has 1 aliphatic heterocycles. The zero-order valence-electron chi connectivity index (χ0n) is 13.5. The van der Waals surface area contributed by atoms with Gasteiger partial charge >= 0.3 is 6.18 Å². The smallest absolute Gasteiger partial charge is 0.367 e. The molecule has 0 aliphatic carbocycles. The summed E-state index contributed by atoms with van der Waals surface area (Å²) < 4.78 is 40.8. The van der Waals surface area contributed by atoms with E-state index in [0.717, 1.165) is 0 Å². The van der Waals surface area contributed by atoms with Crippen molar-refractivity contribution in [1.82, 2.24) is 0 Å². The third-order valence-corrected chi connectivity index (χ3v) is 3.75. The van der Waals surface area contributed by atoms with E-state index in [1.54, 1.807) is 24.3 Å². The van der Waals surface area contributed by atoms with Crippen LogP contribution < -0.4 is 10.2 Å². The van der Waals surface area contributed by atoms with E-state index >= 15 is 0 Å². The Kier molecular flexibility index (Phi) is 4.94. The zero-order chi connectivity index (χ0) is 18.7. The maximum Gasteiger partial charge on any atom is 0.411 e. The largest absolute Gasteiger partial charge is 0.411 e. The molecule has 0 saturated heterocycles. The molecule has 1 N–H and O–H groups in total. The number of fused-ring (bicyclic) bond motifs is 1. The summed E-state index contributed by atoms with van der Waals surface area (Å²) in [5, 5.41) is 2.70. The molecule has 2 aromatic carbocycles. The molecule has 8 heteroatoms. The molecule has 0 bridgehead atoms. The minimum atomic E-state index is -4.38. The maximum atomic E-state index is 12.7. The maximum absolute atomic E-state index is 12.7. The third kappa shape index (κ3) is 4.20. The minimum Gasteiger partial charge on any atom is -0.367 e. The zero-order valence-corrected chi connectivity index (χ0v) is 13.5. The lowest BCUT2D eigenvalue weighted by atomic mass is 10.1. The highest BCUT2D eigenvalue weighted by Crippen LogP contribution is 2.30. The molecule has 0 unspecified atom stereocenters. The number of para-hydroxylation sites is 2. The minimum absolute atomic E-state index is 0.105. The van der Waals surface area contributed by atoms with E-state index in [0.29, 0.717) is 22.5 Å². The molecule has 1 heterocycles. The number of hydrogen-bond acceptors (Lipinski definition) is 3. The summed E-state index contributed by atoms with van der Waals surface area (Å²) in [6.45, 7) is -1.64. The third-order valence-electron chi connectivity index (χ3n) is 3.75. The highest BCUT2D eigenvalue weighted by molar-refractivity contribution is 6.15. The Hall–Kier alpha value is -2.87. The van der Waals surface area contributed by atoms with Gasteiger partial charge in [-0.1, -0.05) is 24.3 Å². The molecule has 5 nitrogen and oxygen atoms in total. The van der Waals surface area contributed by atoms with Crippen molar-refractivity contribution in [2.45, 2.75) is 12.8 Å². The van der Waals surface area contributed by atoms with Crippen molar-refractivity contribution < 1.29 is 27.5 Å². The molecule has 0 saturated carbocycles. The molecule has 0 spiro atoms. The van der Waals surface area contributed by atoms with Gasteiger partial charge < -0.3 is 10.1 Å². The number of ether oxygens (including phenoxy) is 1. The van der Waals surface area contributed by atoms with Gasteiger partial charge in [-0.05, 0) is 29.8 Å². The second-order valence-electron chi connectivity index (χ2n) is 5.76. The van der Waals surface area contributed by atoms with Crippen LogP contribution in [0, 0.1) is 0 Å². The lowest BCUT2D eigenvalue weighted by molar-refractivity contribution is -0.176. The van der Waals surface area contributed by atoms with Crippen LogP contribution in [-0.2, 0) is 16.1 Å². The van der Waals surface area contributed by atoms with Crippen LogP contribution in [-0.4, -0.2) is 31.1 Å². The predicted octanol–water partition coefficient (Wildman–Crippen LogP) is 3.36. The fourth-order valence-corrected chi connectivity index (χ4v) is 2.60. The van der Waals surface area contributed by atoms with Crippen molar-refractivity contribution in [2.75, 3.05) is 23.4 Å². The van der Waals surface area contributed by atoms with Crippen molar-refractivity contribution in [3.63, 3.8) is 0 Å². The van der Waals surface area contributed by atoms with Crippen molar-refractivity contribution in [2.24, 2.45) is 0 Å². The molecule has 0 atom stereocenters. The first-order chi connectivity index (χ1) is 12.3. The quantitative estimate of drug-likeness (QED) is 0.905. The Bertz CT molecular complexity index is 819. The second-order valence-corrected chi connectivity index (χ2v) is 5.76. The fraction of sp³-hybridized carbons (Fsp3) is 0.222. The number of anilines is 2. The van der Waals surface area contributed by atoms with Crippen molar-refractivity contribution in [1.29, 1.82) is 0 Å². The van der Waals surface area contributed by atoms with Crippen LogP contribution in [0.5, 0.6) is 0 Å². The summed E-state index contributed by atoms with van der Waals surface area (Å²) >= 11 is 0. The number of hydrogen-bond donors (Lipinski definition) is 1. The van der Waals surface area contributed by atoms with Crippen LogP contribution in [0.1, 0.15) is 15.9 Å². The number of halogens is 3. The van der Waals surface area contributed by atoms with Crippen LogP contribution >= 0.6 is 0 Å². The average molecular weight is 364 g/mol. The Morgan fingerprint density at radius 2 is 1.81 bits per heavy atom. The molecule has 2 amide bonds. The molecular weight excluding hydrogens is 349 g/mol. The predicted molar refractivity (Wildman–Crippen MR) is 88.9 cm³/mol. The van der Waals surface area contributed by atoms with Gasteiger partial charge in [-0.2, -0.15) is 13.2 Å². The van der Waals surface area contributed by atoms with E-state index in [4.69, 9.17) is 0 Å². The number of carbonyl (C=O) groups excluding carboxylic acids is 2. The molecule has 26 heavy (non-hydrogen) atoms. The van der Waals surface area contributed by atoms with Gasteiger partial charge in [0, 0.05) is 5.56 Å². The van der Waals surface area contributed by atoms with E-state index in [-0.39, 0.29) is 25.0 Å². The molecule has 2 aromatic rings. The number of nitrogens with one attached hydrogen (secondary N) is 1. The number of amides is 2. The SMILES string of the molecule is O=C1CN(C(=O)c2ccc(COCC(F)(F)F)cc2)c2ccccc2N1. The Morgan fingerprint density at radius 1 is 1.12 bits per heavy atom. The first-order valence-corrected chi connectivity index (χ1v) is 7.78. The van der Waals surface area contributed by atoms with E-state index in [9.17, 15) is 22.8 Å². The Balaban J connectivity index is 1.72. The molecular formula is C18H15F3N2O3. The lowest BCUT2D eigenvalue weighted by Crippen LogP contribution is -2.42. The van der Waals surface area contributed by atoms with Gasteiger partial charge in [0.2, 0.25) is 5.91 Å². The van der Waals surface area contributed by atoms with E-state index in [2.05, 4.69) is 10.1 Å². The summed E-state index contributed by atoms with van der Waals surface area (Å²) in [5.74, 6) is -0.663. The van der Waals surface area contributed by atoms with Gasteiger partial charge in [0.25, 0.3) is 5.91 Å². The van der Waals surface area contributed by atoms with Crippen LogP contribution in [0.25, 0.3) is 0 Å². The van der Waals surface area contributed by atoms with E-state index in [1.807, 2.05) is 0 Å². The number of nitrogens with zero attached hydrogens (tertiary/aromatic N) is 1. The van der Waals surface area contributed by atoms with Crippen LogP contribution in [0.3, 0.4) is 0 Å². The van der Waals surface area contributed by atoms with E-state index < -0.39 is 12.8 Å². The monoisotopic (exact) mass is 364 g/mol. The summed E-state index contributed by atoms with van der Waals surface area (Å²) in [7, 11) is 0. The summed E-state index contributed by atoms with van der Waals surface area (Å²) in [6.07, 6.45) is -4.38. The molecule has 1 aliphatic rings. The summed E-state index contributed by atoms with van der Waals surface area (Å²) in [5.41, 5.74) is 1.99. The fourth-order valence-electron chi connectivity index (χ4n) is 2.60. The Labute approximate surface area is 147 Å². The highest BCUT2D eigenvalue weighted by atomic mass is 19.4. The van der Waals surface area contributed by atoms with Gasteiger partial charge in [-0.15, -0.1) is 0 Å². The normalized spacial score (nSPS) is 14.0. The average Bonchev–Trinajstić information content (AvgIpc) is 2.60. The second kappa shape index (κ2) is 7.17. The molecule has 0 fully saturated rings. The summed E-state index contributed by atoms with van der Waals surface area (Å²) in [6, 6.07) is 13.0. The van der Waals surface area contributed by atoms with Crippen LogP contribution in [0.4, 0.5) is 24.5 Å². The van der Waals surface area contributed by atoms with Crippen molar-refractivity contribution in [3.05, 3.63) is 59.7 Å². The molecule has 136 valence electrons. The van der Waals surface area contributed by atoms with Gasteiger partial charge in [0.05, 0.1) is 18.0 Å². The molecule has 0 radical (unpaired) electrons. The molecule has 3 rings (SSSR count). The number of carbonyl (C=O) groups is 2. The van der Waals surface area contributed by atoms with Gasteiger partial charge in [-0.3, -0.25) is 14.5 Å².